The van der Waals surface area contributed by atoms with Gasteiger partial charge >= 0.3 is 0 Å². The molecule has 292 valence electrons. The van der Waals surface area contributed by atoms with E-state index in [2.05, 4.69) is 29.9 Å². The molecule has 7 rings (SSSR count). The largest absolute Gasteiger partial charge is 0.485 e. The van der Waals surface area contributed by atoms with Gasteiger partial charge in [0.25, 0.3) is 5.91 Å². The zero-order chi connectivity index (χ0) is 34.5. The first-order chi connectivity index (χ1) is 24.5. The number of piperidine rings is 3. The summed E-state index contributed by atoms with van der Waals surface area (Å²) in [4.78, 5) is 26.4. The van der Waals surface area contributed by atoms with Gasteiger partial charge in [-0.2, -0.15) is 0 Å². The van der Waals surface area contributed by atoms with Crippen LogP contribution in [0.1, 0.15) is 80.5 Å². The first-order valence-corrected chi connectivity index (χ1v) is 19.4. The molecule has 0 aliphatic carbocycles. The highest BCUT2D eigenvalue weighted by molar-refractivity contribution is 5.99. The maximum absolute atomic E-state index is 13.0. The van der Waals surface area contributed by atoms with Crippen LogP contribution in [0.15, 0.2) is 47.1 Å². The number of carbonyl (C=O) groups excluding carboxylic acids is 1. The van der Waals surface area contributed by atoms with Crippen molar-refractivity contribution in [1.82, 2.24) is 29.9 Å². The fraction of sp³-hybridized carbons (Fsp3) is 0.667. The van der Waals surface area contributed by atoms with Gasteiger partial charge < -0.3 is 49.9 Å². The Kier molecular flexibility index (Phi) is 18.0. The Morgan fingerprint density at radius 3 is 1.96 bits per heavy atom. The summed E-state index contributed by atoms with van der Waals surface area (Å²) in [7, 11) is 0. The number of halogens is 2. The fourth-order valence-electron chi connectivity index (χ4n) is 7.73. The van der Waals surface area contributed by atoms with Crippen LogP contribution in [-0.4, -0.2) is 132 Å². The number of ether oxygens (including phenoxy) is 1. The Hall–Kier alpha value is -2.35. The maximum atomic E-state index is 13.0. The molecule has 0 bridgehead atoms. The lowest BCUT2D eigenvalue weighted by atomic mass is 10.0. The molecule has 1 amide bonds. The first kappa shape index (κ1) is 42.4. The van der Waals surface area contributed by atoms with Gasteiger partial charge in [-0.05, 0) is 108 Å². The molecule has 2 aromatic heterocycles. The lowest BCUT2D eigenvalue weighted by Gasteiger charge is -2.34. The summed E-state index contributed by atoms with van der Waals surface area (Å²) in [5, 5.41) is 13.6. The molecule has 52 heavy (non-hydrogen) atoms. The maximum Gasteiger partial charge on any atom is 0.267 e. The summed E-state index contributed by atoms with van der Waals surface area (Å²) in [6.45, 7) is 14.1. The number of furan rings is 1. The van der Waals surface area contributed by atoms with Crippen LogP contribution in [0.3, 0.4) is 0 Å². The lowest BCUT2D eigenvalue weighted by molar-refractivity contribution is 0.0745. The number of nitrogens with one attached hydrogen (secondary N) is 2. The molecule has 0 spiro atoms. The third kappa shape index (κ3) is 13.2. The average Bonchev–Trinajstić information content (AvgIpc) is 3.76. The number of benzene rings is 1. The van der Waals surface area contributed by atoms with Crippen LogP contribution in [0.5, 0.6) is 5.75 Å². The molecule has 1 aromatic carbocycles. The minimum absolute atomic E-state index is 0. The van der Waals surface area contributed by atoms with Crippen molar-refractivity contribution < 1.29 is 19.1 Å². The second-order valence-electron chi connectivity index (χ2n) is 14.9. The number of aromatic amines is 1. The number of carbonyl (C=O) groups is 1. The van der Waals surface area contributed by atoms with Gasteiger partial charge in [0.15, 0.2) is 0 Å². The Morgan fingerprint density at radius 1 is 0.788 bits per heavy atom. The molecule has 4 fully saturated rings. The molecule has 4 aliphatic rings. The molecule has 4 aliphatic heterocycles. The van der Waals surface area contributed by atoms with Gasteiger partial charge in [-0.3, -0.25) is 4.79 Å². The third-order valence-corrected chi connectivity index (χ3v) is 11.1. The van der Waals surface area contributed by atoms with Crippen molar-refractivity contribution in [3.63, 3.8) is 0 Å². The summed E-state index contributed by atoms with van der Waals surface area (Å²) < 4.78 is 11.3. The van der Waals surface area contributed by atoms with Crippen molar-refractivity contribution in [2.75, 3.05) is 78.5 Å². The molecular formula is C39H63Cl2N7O4. The number of amides is 1. The van der Waals surface area contributed by atoms with E-state index < -0.39 is 0 Å². The SMILES string of the molecule is Cl.Cl.NC1CCN(CCN2CCC(O)CC2)CC1.O=C(NC1CCN(CCN2CCCCCC2)CC1)c1cc2c(OCc3ccco3)cccc2[nH]1. The number of nitrogens with zero attached hydrogens (tertiary/aromatic N) is 4. The van der Waals surface area contributed by atoms with Gasteiger partial charge in [0.1, 0.15) is 23.8 Å². The standard InChI is InChI=1S/C27H36N4O3.C12H25N3O.2ClH/c32-27(28-21-10-14-31(15-11-21)17-16-30-12-3-1-2-4-13-30)25-19-23-24(29-25)8-5-9-26(23)34-20-22-7-6-18-33-22;13-11-1-5-14(6-2-11)9-10-15-7-3-12(16)4-8-15;;/h5-9,18-19,21,29H,1-4,10-17,20H2,(H,28,32);11-12,16H,1-10,13H2;2*1H. The van der Waals surface area contributed by atoms with Gasteiger partial charge in [0.05, 0.1) is 12.4 Å². The first-order valence-electron chi connectivity index (χ1n) is 19.4. The van der Waals surface area contributed by atoms with Crippen molar-refractivity contribution in [3.8, 4) is 5.75 Å². The normalized spacial score (nSPS) is 20.7. The molecule has 0 saturated carbocycles. The van der Waals surface area contributed by atoms with E-state index in [1.54, 1.807) is 6.26 Å². The van der Waals surface area contributed by atoms with Gasteiger partial charge in [-0.1, -0.05) is 18.9 Å². The van der Waals surface area contributed by atoms with E-state index in [1.807, 2.05) is 36.4 Å². The summed E-state index contributed by atoms with van der Waals surface area (Å²) in [6, 6.07) is 12.1. The summed E-state index contributed by atoms with van der Waals surface area (Å²) in [6.07, 6.45) is 13.3. The van der Waals surface area contributed by atoms with Crippen molar-refractivity contribution >= 4 is 41.6 Å². The monoisotopic (exact) mass is 763 g/mol. The average molecular weight is 765 g/mol. The number of hydrogen-bond donors (Lipinski definition) is 4. The number of hydrogen-bond acceptors (Lipinski definition) is 9. The topological polar surface area (TPSA) is 126 Å². The van der Waals surface area contributed by atoms with E-state index >= 15 is 0 Å². The van der Waals surface area contributed by atoms with Crippen LogP contribution in [-0.2, 0) is 6.61 Å². The Balaban J connectivity index is 0.000000284. The number of aliphatic hydroxyl groups excluding tert-OH is 1. The zero-order valence-corrected chi connectivity index (χ0v) is 32.5. The van der Waals surface area contributed by atoms with Crippen LogP contribution in [0.25, 0.3) is 10.9 Å². The fourth-order valence-corrected chi connectivity index (χ4v) is 7.73. The number of fused-ring (bicyclic) bond motifs is 1. The summed E-state index contributed by atoms with van der Waals surface area (Å²) >= 11 is 0. The highest BCUT2D eigenvalue weighted by Gasteiger charge is 2.23. The molecule has 0 atom stereocenters. The number of aromatic nitrogens is 1. The second kappa shape index (κ2) is 22.1. The van der Waals surface area contributed by atoms with Crippen LogP contribution >= 0.6 is 24.8 Å². The summed E-state index contributed by atoms with van der Waals surface area (Å²) in [5.41, 5.74) is 7.36. The Morgan fingerprint density at radius 2 is 1.37 bits per heavy atom. The van der Waals surface area contributed by atoms with Gasteiger partial charge in [0.2, 0.25) is 0 Å². The van der Waals surface area contributed by atoms with Crippen molar-refractivity contribution in [2.24, 2.45) is 5.73 Å². The number of aliphatic hydroxyl groups is 1. The van der Waals surface area contributed by atoms with E-state index in [4.69, 9.17) is 14.9 Å². The van der Waals surface area contributed by atoms with E-state index in [-0.39, 0.29) is 42.9 Å². The van der Waals surface area contributed by atoms with Crippen LogP contribution in [0, 0.1) is 0 Å². The van der Waals surface area contributed by atoms with Crippen molar-refractivity contribution in [2.45, 2.75) is 89.0 Å². The number of H-pyrrole nitrogens is 1. The minimum atomic E-state index is -0.0516. The van der Waals surface area contributed by atoms with Crippen molar-refractivity contribution in [3.05, 3.63) is 54.1 Å². The molecule has 0 unspecified atom stereocenters. The molecule has 0 radical (unpaired) electrons. The predicted molar refractivity (Wildman–Crippen MR) is 213 cm³/mol. The van der Waals surface area contributed by atoms with Crippen molar-refractivity contribution in [1.29, 1.82) is 0 Å². The van der Waals surface area contributed by atoms with Crippen LogP contribution in [0.2, 0.25) is 0 Å². The van der Waals surface area contributed by atoms with E-state index in [0.29, 0.717) is 18.3 Å². The quantitative estimate of drug-likeness (QED) is 0.211. The Labute approximate surface area is 322 Å². The molecule has 4 saturated heterocycles. The van der Waals surface area contributed by atoms with Gasteiger partial charge in [-0.25, -0.2) is 0 Å². The van der Waals surface area contributed by atoms with E-state index in [9.17, 15) is 9.90 Å². The molecule has 11 nitrogen and oxygen atoms in total. The van der Waals surface area contributed by atoms with Gasteiger partial charge in [0, 0.05) is 75.3 Å². The van der Waals surface area contributed by atoms with Crippen LogP contribution < -0.4 is 15.8 Å². The van der Waals surface area contributed by atoms with E-state index in [1.165, 1.54) is 51.9 Å². The molecule has 6 heterocycles. The Bertz CT molecular complexity index is 1390. The minimum Gasteiger partial charge on any atom is -0.485 e. The lowest BCUT2D eigenvalue weighted by Crippen LogP contribution is -2.46. The number of nitrogens with two attached hydrogens (primary N) is 1. The highest BCUT2D eigenvalue weighted by Crippen LogP contribution is 2.27. The molecule has 5 N–H and O–H groups in total. The zero-order valence-electron chi connectivity index (χ0n) is 30.9. The summed E-state index contributed by atoms with van der Waals surface area (Å²) in [5.74, 6) is 1.46. The molecular weight excluding hydrogens is 701 g/mol. The second-order valence-corrected chi connectivity index (χ2v) is 14.9. The molecule has 3 aromatic rings. The number of rotatable bonds is 11. The highest BCUT2D eigenvalue weighted by atomic mass is 35.5. The predicted octanol–water partition coefficient (Wildman–Crippen LogP) is 5.12. The van der Waals surface area contributed by atoms with Gasteiger partial charge in [-0.15, -0.1) is 24.8 Å². The van der Waals surface area contributed by atoms with E-state index in [0.717, 1.165) is 113 Å². The van der Waals surface area contributed by atoms with Crippen LogP contribution in [0.4, 0.5) is 0 Å². The molecule has 13 heteroatoms. The smallest absolute Gasteiger partial charge is 0.267 e. The number of likely N-dealkylation sites (tertiary alicyclic amines) is 4. The third-order valence-electron chi connectivity index (χ3n) is 11.1.